The Hall–Kier alpha value is -1.72. The zero-order chi connectivity index (χ0) is 13.6. The van der Waals surface area contributed by atoms with Crippen molar-refractivity contribution < 1.29 is 0 Å². The third kappa shape index (κ3) is 2.05. The summed E-state index contributed by atoms with van der Waals surface area (Å²) in [5, 5.41) is 8.72. The molecule has 3 aromatic rings. The van der Waals surface area contributed by atoms with Crippen LogP contribution in [-0.4, -0.2) is 19.7 Å². The summed E-state index contributed by atoms with van der Waals surface area (Å²) in [6, 6.07) is 7.64. The number of nitrogens with one attached hydrogen (secondary N) is 1. The minimum absolute atomic E-state index is 0.583. The maximum atomic E-state index is 6.08. The second-order valence-electron chi connectivity index (χ2n) is 4.38. The lowest BCUT2D eigenvalue weighted by Crippen LogP contribution is -1.95. The first-order chi connectivity index (χ1) is 9.06. The number of fused-ring (bicyclic) bond motifs is 1. The quantitative estimate of drug-likeness (QED) is 0.696. The van der Waals surface area contributed by atoms with Crippen LogP contribution in [0, 0.1) is 11.7 Å². The molecule has 0 aliphatic heterocycles. The highest BCUT2D eigenvalue weighted by Gasteiger charge is 2.12. The van der Waals surface area contributed by atoms with Crippen molar-refractivity contribution in [2.75, 3.05) is 0 Å². The van der Waals surface area contributed by atoms with Crippen LogP contribution in [0.3, 0.4) is 0 Å². The monoisotopic (exact) mass is 290 g/mol. The minimum atomic E-state index is 0.583. The molecule has 0 aliphatic carbocycles. The molecule has 19 heavy (non-hydrogen) atoms. The Morgan fingerprint density at radius 3 is 2.79 bits per heavy atom. The molecule has 0 spiro atoms. The standard InChI is InChI=1S/C13H11ClN4S/c1-7-5-10(12-16-17-13(19)18(12)2)9-6-8(14)3-4-11(9)15-7/h3-6H,1-2H3,(H,17,19). The first-order valence-electron chi connectivity index (χ1n) is 5.75. The van der Waals surface area contributed by atoms with Crippen LogP contribution in [0.5, 0.6) is 0 Å². The lowest BCUT2D eigenvalue weighted by Gasteiger charge is -2.07. The number of hydrogen-bond donors (Lipinski definition) is 1. The lowest BCUT2D eigenvalue weighted by atomic mass is 10.1. The molecule has 4 nitrogen and oxygen atoms in total. The number of aromatic amines is 1. The Labute approximate surface area is 120 Å². The highest BCUT2D eigenvalue weighted by atomic mass is 35.5. The number of pyridine rings is 1. The molecule has 1 aromatic carbocycles. The molecule has 3 rings (SSSR count). The summed E-state index contributed by atoms with van der Waals surface area (Å²) >= 11 is 11.2. The van der Waals surface area contributed by atoms with E-state index in [1.807, 2.05) is 42.8 Å². The molecular weight excluding hydrogens is 280 g/mol. The fourth-order valence-corrected chi connectivity index (χ4v) is 2.41. The van der Waals surface area contributed by atoms with Crippen LogP contribution in [0.1, 0.15) is 5.69 Å². The lowest BCUT2D eigenvalue weighted by molar-refractivity contribution is 0.902. The van der Waals surface area contributed by atoms with Gasteiger partial charge < -0.3 is 4.57 Å². The SMILES string of the molecule is Cc1cc(-c2n[nH]c(=S)n2C)c2cc(Cl)ccc2n1. The highest BCUT2D eigenvalue weighted by molar-refractivity contribution is 7.71. The third-order valence-electron chi connectivity index (χ3n) is 3.02. The Balaban J connectivity index is 2.42. The Morgan fingerprint density at radius 1 is 1.32 bits per heavy atom. The van der Waals surface area contributed by atoms with Crippen molar-refractivity contribution in [3.05, 3.63) is 39.8 Å². The minimum Gasteiger partial charge on any atom is -0.303 e. The maximum Gasteiger partial charge on any atom is 0.195 e. The summed E-state index contributed by atoms with van der Waals surface area (Å²) in [5.74, 6) is 0.780. The van der Waals surface area contributed by atoms with Gasteiger partial charge in [0.1, 0.15) is 0 Å². The molecule has 0 unspecified atom stereocenters. The summed E-state index contributed by atoms with van der Waals surface area (Å²) in [7, 11) is 1.88. The molecule has 96 valence electrons. The number of nitrogens with zero attached hydrogens (tertiary/aromatic N) is 3. The van der Waals surface area contributed by atoms with Gasteiger partial charge in [0.05, 0.1) is 5.52 Å². The predicted octanol–water partition coefficient (Wildman–Crippen LogP) is 3.65. The molecule has 0 fully saturated rings. The third-order valence-corrected chi connectivity index (χ3v) is 3.62. The number of benzene rings is 1. The van der Waals surface area contributed by atoms with Crippen molar-refractivity contribution in [1.82, 2.24) is 19.7 Å². The van der Waals surface area contributed by atoms with Gasteiger partial charge in [0.25, 0.3) is 0 Å². The average molecular weight is 291 g/mol. The molecule has 2 aromatic heterocycles. The van der Waals surface area contributed by atoms with E-state index in [2.05, 4.69) is 15.2 Å². The first kappa shape index (κ1) is 12.3. The van der Waals surface area contributed by atoms with E-state index in [-0.39, 0.29) is 0 Å². The fraction of sp³-hybridized carbons (Fsp3) is 0.154. The maximum absolute atomic E-state index is 6.08. The van der Waals surface area contributed by atoms with Gasteiger partial charge in [-0.15, -0.1) is 0 Å². The zero-order valence-electron chi connectivity index (χ0n) is 10.4. The predicted molar refractivity (Wildman–Crippen MR) is 78.9 cm³/mol. The molecule has 0 saturated carbocycles. The summed E-state index contributed by atoms with van der Waals surface area (Å²) in [5.41, 5.74) is 2.80. The normalized spacial score (nSPS) is 11.1. The fourth-order valence-electron chi connectivity index (χ4n) is 2.10. The van der Waals surface area contributed by atoms with Crippen molar-refractivity contribution in [3.63, 3.8) is 0 Å². The second kappa shape index (κ2) is 4.43. The number of rotatable bonds is 1. The van der Waals surface area contributed by atoms with Crippen molar-refractivity contribution in [3.8, 4) is 11.4 Å². The van der Waals surface area contributed by atoms with Crippen molar-refractivity contribution in [1.29, 1.82) is 0 Å². The molecule has 0 radical (unpaired) electrons. The number of hydrogen-bond acceptors (Lipinski definition) is 3. The van der Waals surface area contributed by atoms with Crippen LogP contribution in [0.2, 0.25) is 5.02 Å². The van der Waals surface area contributed by atoms with E-state index in [0.717, 1.165) is 28.0 Å². The summed E-state index contributed by atoms with van der Waals surface area (Å²) < 4.78 is 2.42. The molecule has 6 heteroatoms. The van der Waals surface area contributed by atoms with E-state index in [9.17, 15) is 0 Å². The number of halogens is 1. The number of aryl methyl sites for hydroxylation is 1. The van der Waals surface area contributed by atoms with Gasteiger partial charge in [0, 0.05) is 28.7 Å². The summed E-state index contributed by atoms with van der Waals surface area (Å²) in [4.78, 5) is 4.51. The first-order valence-corrected chi connectivity index (χ1v) is 6.53. The topological polar surface area (TPSA) is 46.5 Å². The van der Waals surface area contributed by atoms with Crippen molar-refractivity contribution in [2.24, 2.45) is 7.05 Å². The molecular formula is C13H11ClN4S. The molecule has 0 aliphatic rings. The Kier molecular flexibility index (Phi) is 2.88. The van der Waals surface area contributed by atoms with Crippen LogP contribution in [-0.2, 0) is 7.05 Å². The van der Waals surface area contributed by atoms with Gasteiger partial charge in [0.2, 0.25) is 0 Å². The van der Waals surface area contributed by atoms with Crippen LogP contribution in [0.25, 0.3) is 22.3 Å². The van der Waals surface area contributed by atoms with E-state index in [4.69, 9.17) is 23.8 Å². The van der Waals surface area contributed by atoms with Gasteiger partial charge >= 0.3 is 0 Å². The molecule has 0 saturated heterocycles. The van der Waals surface area contributed by atoms with Crippen LogP contribution in [0.15, 0.2) is 24.3 Å². The smallest absolute Gasteiger partial charge is 0.195 e. The van der Waals surface area contributed by atoms with Crippen molar-refractivity contribution in [2.45, 2.75) is 6.92 Å². The second-order valence-corrected chi connectivity index (χ2v) is 5.21. The molecule has 0 bridgehead atoms. The van der Waals surface area contributed by atoms with E-state index in [1.54, 1.807) is 0 Å². The van der Waals surface area contributed by atoms with E-state index < -0.39 is 0 Å². The van der Waals surface area contributed by atoms with E-state index in [1.165, 1.54) is 0 Å². The number of H-pyrrole nitrogens is 1. The van der Waals surface area contributed by atoms with Crippen molar-refractivity contribution >= 4 is 34.7 Å². The Bertz CT molecular complexity index is 834. The summed E-state index contributed by atoms with van der Waals surface area (Å²) in [6.07, 6.45) is 0. The molecule has 0 atom stereocenters. The van der Waals surface area contributed by atoms with Gasteiger partial charge in [-0.1, -0.05) is 11.6 Å². The van der Waals surface area contributed by atoms with Crippen LogP contribution >= 0.6 is 23.8 Å². The highest BCUT2D eigenvalue weighted by Crippen LogP contribution is 2.29. The van der Waals surface area contributed by atoms with Gasteiger partial charge in [-0.2, -0.15) is 5.10 Å². The molecule has 1 N–H and O–H groups in total. The largest absolute Gasteiger partial charge is 0.303 e. The van der Waals surface area contributed by atoms with E-state index in [0.29, 0.717) is 9.79 Å². The zero-order valence-corrected chi connectivity index (χ0v) is 12.0. The van der Waals surface area contributed by atoms with E-state index >= 15 is 0 Å². The molecule has 2 heterocycles. The van der Waals surface area contributed by atoms with Crippen LogP contribution < -0.4 is 0 Å². The van der Waals surface area contributed by atoms with Gasteiger partial charge in [-0.25, -0.2) is 0 Å². The van der Waals surface area contributed by atoms with Gasteiger partial charge in [0.15, 0.2) is 10.6 Å². The molecule has 0 amide bonds. The van der Waals surface area contributed by atoms with Crippen LogP contribution in [0.4, 0.5) is 0 Å². The number of aromatic nitrogens is 4. The van der Waals surface area contributed by atoms with Gasteiger partial charge in [-0.05, 0) is 43.4 Å². The van der Waals surface area contributed by atoms with Gasteiger partial charge in [-0.3, -0.25) is 10.1 Å². The summed E-state index contributed by atoms with van der Waals surface area (Å²) in [6.45, 7) is 1.96. The average Bonchev–Trinajstić information content (AvgIpc) is 2.70. The Morgan fingerprint density at radius 2 is 2.11 bits per heavy atom.